The van der Waals surface area contributed by atoms with E-state index in [0.717, 1.165) is 6.42 Å². The topological polar surface area (TPSA) is 65.0 Å². The van der Waals surface area contributed by atoms with E-state index in [1.165, 1.54) is 0 Å². The van der Waals surface area contributed by atoms with Gasteiger partial charge in [-0.15, -0.1) is 0 Å². The van der Waals surface area contributed by atoms with Crippen LogP contribution in [0.5, 0.6) is 0 Å². The van der Waals surface area contributed by atoms with Gasteiger partial charge in [-0.1, -0.05) is 6.08 Å². The average Bonchev–Trinajstić information content (AvgIpc) is 2.27. The number of aliphatic hydroxyl groups is 1. The van der Waals surface area contributed by atoms with Crippen molar-refractivity contribution in [3.8, 4) is 0 Å². The van der Waals surface area contributed by atoms with Crippen molar-refractivity contribution in [2.24, 2.45) is 5.41 Å². The van der Waals surface area contributed by atoms with Crippen LogP contribution < -0.4 is 0 Å². The lowest BCUT2D eigenvalue weighted by molar-refractivity contribution is -0.481. The summed E-state index contributed by atoms with van der Waals surface area (Å²) in [4.78, 5) is 11.7. The predicted molar refractivity (Wildman–Crippen MR) is 54.9 cm³/mol. The van der Waals surface area contributed by atoms with E-state index in [1.54, 1.807) is 12.2 Å². The molecule has 0 radical (unpaired) electrons. The molecule has 5 heteroatoms. The molecule has 92 valence electrons. The predicted octanol–water partition coefficient (Wildman–Crippen LogP) is 0.125. The Morgan fingerprint density at radius 1 is 1.47 bits per heavy atom. The van der Waals surface area contributed by atoms with E-state index in [-0.39, 0.29) is 24.6 Å². The third kappa shape index (κ3) is 1.06. The lowest BCUT2D eigenvalue weighted by Crippen LogP contribution is -2.74. The van der Waals surface area contributed by atoms with E-state index in [0.29, 0.717) is 12.8 Å². The normalized spacial score (nSPS) is 55.1. The lowest BCUT2D eigenvalue weighted by atomic mass is 9.56. The molecule has 3 saturated heterocycles. The van der Waals surface area contributed by atoms with E-state index in [9.17, 15) is 9.90 Å². The standard InChI is InChI=1S/C12H14O5/c13-6-11-2-1-7(14)4-12(11)5-8-3-9(11)16-10(15-8)17-12/h1-2,8-10,13H,3-6H2/t8-,9+,10?,11+,12-/m0/s1. The number of ketones is 1. The summed E-state index contributed by atoms with van der Waals surface area (Å²) in [6.07, 6.45) is 5.08. The Morgan fingerprint density at radius 3 is 3.12 bits per heavy atom. The van der Waals surface area contributed by atoms with E-state index in [2.05, 4.69) is 0 Å². The molecule has 1 N–H and O–H groups in total. The van der Waals surface area contributed by atoms with Crippen LogP contribution >= 0.6 is 0 Å². The minimum atomic E-state index is -0.661. The Bertz CT molecular complexity index is 403. The van der Waals surface area contributed by atoms with E-state index < -0.39 is 17.5 Å². The van der Waals surface area contributed by atoms with Gasteiger partial charge >= 0.3 is 0 Å². The first-order valence-electron chi connectivity index (χ1n) is 5.99. The van der Waals surface area contributed by atoms with Gasteiger partial charge in [0.15, 0.2) is 5.78 Å². The fourth-order valence-corrected chi connectivity index (χ4v) is 3.80. The average molecular weight is 238 g/mol. The summed E-state index contributed by atoms with van der Waals surface area (Å²) >= 11 is 0. The summed E-state index contributed by atoms with van der Waals surface area (Å²) in [6, 6.07) is 0. The summed E-state index contributed by atoms with van der Waals surface area (Å²) in [5.41, 5.74) is -1.19. The SMILES string of the molecule is O=C1C=C[C@@]2(CO)[C@H]3C[C@H]4C[C@]2(C1)OC(O4)O3. The summed E-state index contributed by atoms with van der Waals surface area (Å²) in [5.74, 6) is 0.0519. The summed E-state index contributed by atoms with van der Waals surface area (Å²) in [6.45, 7) is -0.715. The highest BCUT2D eigenvalue weighted by Gasteiger charge is 2.68. The summed E-state index contributed by atoms with van der Waals surface area (Å²) < 4.78 is 17.0. The largest absolute Gasteiger partial charge is 0.395 e. The van der Waals surface area contributed by atoms with E-state index in [1.807, 2.05) is 0 Å². The van der Waals surface area contributed by atoms with Crippen molar-refractivity contribution in [2.45, 2.75) is 43.5 Å². The molecule has 3 heterocycles. The van der Waals surface area contributed by atoms with E-state index in [4.69, 9.17) is 14.2 Å². The van der Waals surface area contributed by atoms with Crippen molar-refractivity contribution >= 4 is 5.78 Å². The smallest absolute Gasteiger partial charge is 0.272 e. The minimum Gasteiger partial charge on any atom is -0.395 e. The molecule has 5 nitrogen and oxygen atoms in total. The van der Waals surface area contributed by atoms with Crippen LogP contribution in [-0.2, 0) is 19.0 Å². The Morgan fingerprint density at radius 2 is 2.35 bits per heavy atom. The van der Waals surface area contributed by atoms with Gasteiger partial charge in [0.1, 0.15) is 0 Å². The molecule has 5 rings (SSSR count). The third-order valence-corrected chi connectivity index (χ3v) is 4.65. The monoisotopic (exact) mass is 238 g/mol. The zero-order chi connectivity index (χ0) is 11.7. The summed E-state index contributed by atoms with van der Waals surface area (Å²) in [7, 11) is 0. The highest BCUT2D eigenvalue weighted by Crippen LogP contribution is 2.59. The second-order valence-electron chi connectivity index (χ2n) is 5.40. The quantitative estimate of drug-likeness (QED) is 0.703. The zero-order valence-electron chi connectivity index (χ0n) is 9.30. The van der Waals surface area contributed by atoms with Gasteiger partial charge < -0.3 is 19.3 Å². The van der Waals surface area contributed by atoms with Crippen molar-refractivity contribution in [1.29, 1.82) is 0 Å². The van der Waals surface area contributed by atoms with Gasteiger partial charge in [-0.25, -0.2) is 0 Å². The molecule has 1 saturated carbocycles. The molecule has 5 aliphatic rings. The minimum absolute atomic E-state index is 0.0519. The molecule has 1 spiro atoms. The number of ether oxygens (including phenoxy) is 3. The number of allylic oxidation sites excluding steroid dienone is 1. The lowest BCUT2D eigenvalue weighted by Gasteiger charge is -2.65. The molecule has 0 amide bonds. The number of hydrogen-bond acceptors (Lipinski definition) is 5. The number of carbonyl (C=O) groups is 1. The highest BCUT2D eigenvalue weighted by molar-refractivity contribution is 5.92. The number of rotatable bonds is 1. The van der Waals surface area contributed by atoms with E-state index >= 15 is 0 Å². The second-order valence-corrected chi connectivity index (χ2v) is 5.40. The van der Waals surface area contributed by atoms with Crippen LogP contribution in [0.15, 0.2) is 12.2 Å². The maximum atomic E-state index is 11.7. The maximum Gasteiger partial charge on any atom is 0.272 e. The van der Waals surface area contributed by atoms with Crippen molar-refractivity contribution < 1.29 is 24.1 Å². The first kappa shape index (κ1) is 10.2. The fraction of sp³-hybridized carbons (Fsp3) is 0.750. The van der Waals surface area contributed by atoms with Gasteiger partial charge in [0, 0.05) is 19.3 Å². The van der Waals surface area contributed by atoms with Gasteiger partial charge in [-0.2, -0.15) is 0 Å². The van der Waals surface area contributed by atoms with Crippen LogP contribution in [0.3, 0.4) is 0 Å². The molecule has 4 fully saturated rings. The maximum absolute atomic E-state index is 11.7. The number of aliphatic hydroxyl groups excluding tert-OH is 1. The Labute approximate surface area is 98.3 Å². The molecular formula is C12H14O5. The molecular weight excluding hydrogens is 224 g/mol. The molecule has 4 bridgehead atoms. The molecule has 0 aromatic carbocycles. The van der Waals surface area contributed by atoms with Crippen LogP contribution in [0.4, 0.5) is 0 Å². The Balaban J connectivity index is 1.88. The first-order valence-corrected chi connectivity index (χ1v) is 5.99. The zero-order valence-corrected chi connectivity index (χ0v) is 9.30. The van der Waals surface area contributed by atoms with Crippen molar-refractivity contribution in [2.75, 3.05) is 6.61 Å². The van der Waals surface area contributed by atoms with Gasteiger partial charge in [0.25, 0.3) is 6.48 Å². The second kappa shape index (κ2) is 2.98. The highest BCUT2D eigenvalue weighted by atomic mass is 16.9. The fourth-order valence-electron chi connectivity index (χ4n) is 3.80. The van der Waals surface area contributed by atoms with Crippen LogP contribution in [0, 0.1) is 5.41 Å². The number of hydrogen-bond donors (Lipinski definition) is 1. The van der Waals surface area contributed by atoms with Gasteiger partial charge in [0.05, 0.1) is 29.8 Å². The van der Waals surface area contributed by atoms with Crippen molar-refractivity contribution in [3.63, 3.8) is 0 Å². The number of carbonyl (C=O) groups excluding carboxylic acids is 1. The molecule has 0 aromatic rings. The van der Waals surface area contributed by atoms with Gasteiger partial charge in [-0.05, 0) is 6.08 Å². The molecule has 2 aliphatic carbocycles. The van der Waals surface area contributed by atoms with Crippen molar-refractivity contribution in [1.82, 2.24) is 0 Å². The van der Waals surface area contributed by atoms with Crippen LogP contribution in [-0.4, -0.2) is 41.8 Å². The molecule has 17 heavy (non-hydrogen) atoms. The van der Waals surface area contributed by atoms with Crippen LogP contribution in [0.2, 0.25) is 0 Å². The Hall–Kier alpha value is -0.750. The Kier molecular flexibility index (Phi) is 1.79. The third-order valence-electron chi connectivity index (χ3n) is 4.65. The molecule has 3 aliphatic heterocycles. The van der Waals surface area contributed by atoms with Gasteiger partial charge in [-0.3, -0.25) is 4.79 Å². The molecule has 1 unspecified atom stereocenters. The summed E-state index contributed by atoms with van der Waals surface area (Å²) in [5, 5.41) is 9.80. The van der Waals surface area contributed by atoms with Gasteiger partial charge in [0.2, 0.25) is 0 Å². The van der Waals surface area contributed by atoms with Crippen LogP contribution in [0.25, 0.3) is 0 Å². The van der Waals surface area contributed by atoms with Crippen LogP contribution in [0.1, 0.15) is 19.3 Å². The van der Waals surface area contributed by atoms with Crippen molar-refractivity contribution in [3.05, 3.63) is 12.2 Å². The first-order chi connectivity index (χ1) is 8.17. The molecule has 0 aromatic heterocycles. The molecule has 5 atom stereocenters.